The number of benzene rings is 3. The molecule has 0 fully saturated rings. The maximum absolute atomic E-state index is 12.9. The highest BCUT2D eigenvalue weighted by atomic mass is 35.5. The summed E-state index contributed by atoms with van der Waals surface area (Å²) in [6, 6.07) is 19.0. The summed E-state index contributed by atoms with van der Waals surface area (Å²) in [5.74, 6) is 0.432. The molecular weight excluding hydrogens is 444 g/mol. The summed E-state index contributed by atoms with van der Waals surface area (Å²) in [7, 11) is 3.10. The Morgan fingerprint density at radius 1 is 0.909 bits per heavy atom. The Labute approximate surface area is 195 Å². The van der Waals surface area contributed by atoms with Crippen LogP contribution in [0.2, 0.25) is 5.02 Å². The van der Waals surface area contributed by atoms with Crippen molar-refractivity contribution < 1.29 is 23.5 Å². The molecule has 8 heteroatoms. The second-order valence-corrected chi connectivity index (χ2v) is 7.60. The fourth-order valence-electron chi connectivity index (χ4n) is 3.36. The smallest absolute Gasteiger partial charge is 0.291 e. The lowest BCUT2D eigenvalue weighted by Gasteiger charge is -2.13. The molecule has 33 heavy (non-hydrogen) atoms. The molecule has 2 amide bonds. The summed E-state index contributed by atoms with van der Waals surface area (Å²) in [5, 5.41) is 6.76. The van der Waals surface area contributed by atoms with Crippen molar-refractivity contribution in [2.24, 2.45) is 0 Å². The van der Waals surface area contributed by atoms with Gasteiger partial charge >= 0.3 is 0 Å². The monoisotopic (exact) mass is 464 g/mol. The number of carbonyl (C=O) groups is 2. The number of halogens is 1. The lowest BCUT2D eigenvalue weighted by atomic mass is 10.1. The summed E-state index contributed by atoms with van der Waals surface area (Å²) < 4.78 is 16.1. The first-order chi connectivity index (χ1) is 16.0. The Morgan fingerprint density at radius 2 is 1.70 bits per heavy atom. The van der Waals surface area contributed by atoms with Crippen molar-refractivity contribution in [3.63, 3.8) is 0 Å². The Kier molecular flexibility index (Phi) is 6.51. The van der Waals surface area contributed by atoms with Crippen LogP contribution >= 0.6 is 11.6 Å². The van der Waals surface area contributed by atoms with Gasteiger partial charge in [0.1, 0.15) is 5.58 Å². The van der Waals surface area contributed by atoms with E-state index in [9.17, 15) is 9.59 Å². The molecule has 4 aromatic rings. The Balaban J connectivity index is 1.51. The molecule has 0 saturated heterocycles. The Hall–Kier alpha value is -3.97. The van der Waals surface area contributed by atoms with E-state index < -0.39 is 11.8 Å². The van der Waals surface area contributed by atoms with Gasteiger partial charge in [0.25, 0.3) is 11.8 Å². The van der Waals surface area contributed by atoms with Gasteiger partial charge < -0.3 is 24.5 Å². The van der Waals surface area contributed by atoms with Crippen LogP contribution in [0.5, 0.6) is 11.5 Å². The van der Waals surface area contributed by atoms with Gasteiger partial charge in [-0.25, -0.2) is 0 Å². The lowest BCUT2D eigenvalue weighted by Crippen LogP contribution is -2.25. The Bertz CT molecular complexity index is 1300. The number of hydrogen-bond acceptors (Lipinski definition) is 5. The van der Waals surface area contributed by atoms with Gasteiger partial charge in [-0.05, 0) is 48.0 Å². The zero-order chi connectivity index (χ0) is 23.4. The maximum Gasteiger partial charge on any atom is 0.291 e. The summed E-state index contributed by atoms with van der Waals surface area (Å²) in [6.07, 6.45) is 0. The van der Waals surface area contributed by atoms with Gasteiger partial charge in [0.15, 0.2) is 17.3 Å². The van der Waals surface area contributed by atoms with E-state index in [1.807, 2.05) is 24.3 Å². The van der Waals surface area contributed by atoms with E-state index in [0.717, 1.165) is 10.9 Å². The molecule has 7 nitrogen and oxygen atoms in total. The van der Waals surface area contributed by atoms with Gasteiger partial charge in [0, 0.05) is 17.0 Å². The molecule has 0 saturated carbocycles. The van der Waals surface area contributed by atoms with Crippen LogP contribution in [0.15, 0.2) is 71.1 Å². The van der Waals surface area contributed by atoms with Crippen LogP contribution in [-0.4, -0.2) is 26.0 Å². The lowest BCUT2D eigenvalue weighted by molar-refractivity contribution is 0.0951. The third-order valence-electron chi connectivity index (χ3n) is 5.02. The van der Waals surface area contributed by atoms with Crippen LogP contribution in [0, 0.1) is 0 Å². The van der Waals surface area contributed by atoms with Gasteiger partial charge in [-0.2, -0.15) is 0 Å². The first-order valence-electron chi connectivity index (χ1n) is 10.1. The zero-order valence-electron chi connectivity index (χ0n) is 18.0. The molecule has 168 valence electrons. The van der Waals surface area contributed by atoms with Crippen molar-refractivity contribution in [3.05, 3.63) is 88.6 Å². The number of hydrogen-bond donors (Lipinski definition) is 2. The van der Waals surface area contributed by atoms with Crippen LogP contribution in [0.3, 0.4) is 0 Å². The first kappa shape index (κ1) is 22.2. The minimum Gasteiger partial charge on any atom is -0.493 e. The number of carbonyl (C=O) groups excluding carboxylic acids is 2. The molecule has 0 radical (unpaired) electrons. The summed E-state index contributed by atoms with van der Waals surface area (Å²) >= 11 is 6.12. The predicted molar refractivity (Wildman–Crippen MR) is 126 cm³/mol. The van der Waals surface area contributed by atoms with Crippen LogP contribution in [0.4, 0.5) is 5.69 Å². The fraction of sp³-hybridized carbons (Fsp3) is 0.120. The molecule has 3 aromatic carbocycles. The van der Waals surface area contributed by atoms with Crippen molar-refractivity contribution in [1.29, 1.82) is 0 Å². The average Bonchev–Trinajstić information content (AvgIpc) is 3.28. The molecule has 1 aromatic heterocycles. The minimum absolute atomic E-state index is 0.142. The third-order valence-corrected chi connectivity index (χ3v) is 5.26. The average molecular weight is 465 g/mol. The van der Waals surface area contributed by atoms with E-state index in [-0.39, 0.29) is 17.9 Å². The van der Waals surface area contributed by atoms with Gasteiger partial charge in [-0.1, -0.05) is 35.9 Å². The van der Waals surface area contributed by atoms with E-state index in [1.165, 1.54) is 6.07 Å². The molecule has 0 aliphatic rings. The predicted octanol–water partition coefficient (Wildman–Crippen LogP) is 5.29. The second-order valence-electron chi connectivity index (χ2n) is 7.16. The number of methoxy groups -OCH3 is 2. The van der Waals surface area contributed by atoms with Crippen LogP contribution in [-0.2, 0) is 6.54 Å². The molecule has 1 heterocycles. The number of para-hydroxylation sites is 1. The van der Waals surface area contributed by atoms with Crippen LogP contribution in [0.25, 0.3) is 11.0 Å². The van der Waals surface area contributed by atoms with Gasteiger partial charge in [0.05, 0.1) is 25.5 Å². The topological polar surface area (TPSA) is 89.8 Å². The van der Waals surface area contributed by atoms with Crippen molar-refractivity contribution in [3.8, 4) is 11.5 Å². The molecule has 0 unspecified atom stereocenters. The fourth-order valence-corrected chi connectivity index (χ4v) is 3.53. The molecule has 2 N–H and O–H groups in total. The SMILES string of the molecule is COc1ccc(CNC(=O)c2cc(Cl)ccc2NC(=O)c2cc3ccccc3o2)cc1OC. The van der Waals surface area contributed by atoms with Crippen LogP contribution in [0.1, 0.15) is 26.5 Å². The molecule has 0 bridgehead atoms. The highest BCUT2D eigenvalue weighted by Crippen LogP contribution is 2.28. The van der Waals surface area contributed by atoms with Crippen molar-refractivity contribution in [2.45, 2.75) is 6.54 Å². The largest absolute Gasteiger partial charge is 0.493 e. The zero-order valence-corrected chi connectivity index (χ0v) is 18.7. The van der Waals surface area contributed by atoms with Crippen molar-refractivity contribution in [1.82, 2.24) is 5.32 Å². The molecule has 0 spiro atoms. The number of rotatable bonds is 7. The number of ether oxygens (including phenoxy) is 2. The quantitative estimate of drug-likeness (QED) is 0.388. The number of anilines is 1. The number of amides is 2. The highest BCUT2D eigenvalue weighted by molar-refractivity contribution is 6.31. The molecule has 0 atom stereocenters. The van der Waals surface area contributed by atoms with Crippen molar-refractivity contribution in [2.75, 3.05) is 19.5 Å². The van der Waals surface area contributed by atoms with Gasteiger partial charge in [-0.15, -0.1) is 0 Å². The molecule has 0 aliphatic carbocycles. The molecule has 4 rings (SSSR count). The van der Waals surface area contributed by atoms with Crippen LogP contribution < -0.4 is 20.1 Å². The normalized spacial score (nSPS) is 10.6. The standard InChI is InChI=1S/C25H21ClN2O5/c1-31-21-10-7-15(11-22(21)32-2)14-27-24(29)18-13-17(26)8-9-19(18)28-25(30)23-12-16-5-3-4-6-20(16)33-23/h3-13H,14H2,1-2H3,(H,27,29)(H,28,30). The summed E-state index contributed by atoms with van der Waals surface area (Å²) in [5.41, 5.74) is 1.96. The van der Waals surface area contributed by atoms with E-state index in [1.54, 1.807) is 50.6 Å². The number of nitrogens with one attached hydrogen (secondary N) is 2. The van der Waals surface area contributed by atoms with E-state index in [2.05, 4.69) is 10.6 Å². The Morgan fingerprint density at radius 3 is 2.45 bits per heavy atom. The van der Waals surface area contributed by atoms with Gasteiger partial charge in [0.2, 0.25) is 0 Å². The van der Waals surface area contributed by atoms with E-state index in [4.69, 9.17) is 25.5 Å². The summed E-state index contributed by atoms with van der Waals surface area (Å²) in [4.78, 5) is 25.7. The maximum atomic E-state index is 12.9. The number of furan rings is 1. The number of fused-ring (bicyclic) bond motifs is 1. The van der Waals surface area contributed by atoms with E-state index >= 15 is 0 Å². The highest BCUT2D eigenvalue weighted by Gasteiger charge is 2.18. The van der Waals surface area contributed by atoms with Gasteiger partial charge in [-0.3, -0.25) is 9.59 Å². The third kappa shape index (κ3) is 4.94. The summed E-state index contributed by atoms with van der Waals surface area (Å²) in [6.45, 7) is 0.239. The molecular formula is C25H21ClN2O5. The second kappa shape index (κ2) is 9.67. The first-order valence-corrected chi connectivity index (χ1v) is 10.4. The van der Waals surface area contributed by atoms with E-state index in [0.29, 0.717) is 27.8 Å². The minimum atomic E-state index is -0.470. The van der Waals surface area contributed by atoms with Crippen molar-refractivity contribution >= 4 is 40.1 Å². The molecule has 0 aliphatic heterocycles.